The third kappa shape index (κ3) is 4.53. The van der Waals surface area contributed by atoms with E-state index in [0.29, 0.717) is 10.8 Å². The molecule has 3 atom stereocenters. The lowest BCUT2D eigenvalue weighted by molar-refractivity contribution is -0.121. The van der Waals surface area contributed by atoms with Gasteiger partial charge >= 0.3 is 0 Å². The summed E-state index contributed by atoms with van der Waals surface area (Å²) in [6.07, 6.45) is -0.0250. The van der Waals surface area contributed by atoms with E-state index in [1.54, 1.807) is 26.4 Å². The van der Waals surface area contributed by atoms with Crippen LogP contribution in [0.2, 0.25) is 5.02 Å². The number of hydrazine groups is 1. The molecular formula is C20H24ClN3O3. The smallest absolute Gasteiger partial charge is 0.225 e. The maximum atomic E-state index is 12.6. The van der Waals surface area contributed by atoms with Gasteiger partial charge in [-0.2, -0.15) is 0 Å². The Kier molecular flexibility index (Phi) is 6.21. The van der Waals surface area contributed by atoms with E-state index in [4.69, 9.17) is 21.1 Å². The first-order chi connectivity index (χ1) is 13.0. The van der Waals surface area contributed by atoms with E-state index in [9.17, 15) is 4.79 Å². The van der Waals surface area contributed by atoms with E-state index in [1.807, 2.05) is 30.3 Å². The molecule has 2 aromatic rings. The Labute approximate surface area is 164 Å². The largest absolute Gasteiger partial charge is 0.497 e. The van der Waals surface area contributed by atoms with Crippen molar-refractivity contribution < 1.29 is 14.3 Å². The maximum absolute atomic E-state index is 12.6. The van der Waals surface area contributed by atoms with Gasteiger partial charge in [0.15, 0.2) is 0 Å². The Balaban J connectivity index is 1.68. The third-order valence-electron chi connectivity index (χ3n) is 4.79. The molecule has 3 unspecified atom stereocenters. The summed E-state index contributed by atoms with van der Waals surface area (Å²) in [6, 6.07) is 13.4. The molecular weight excluding hydrogens is 366 g/mol. The number of methoxy groups -OCH3 is 2. The summed E-state index contributed by atoms with van der Waals surface area (Å²) in [7, 11) is 3.22. The first-order valence-electron chi connectivity index (χ1n) is 8.78. The highest BCUT2D eigenvalue weighted by molar-refractivity contribution is 6.31. The number of carbonyl (C=O) groups is 1. The molecule has 1 aliphatic heterocycles. The molecule has 3 N–H and O–H groups in total. The first kappa shape index (κ1) is 19.5. The van der Waals surface area contributed by atoms with Crippen molar-refractivity contribution in [3.63, 3.8) is 0 Å². The molecule has 2 aromatic carbocycles. The molecule has 1 amide bonds. The lowest BCUT2D eigenvalue weighted by Crippen LogP contribution is -2.46. The van der Waals surface area contributed by atoms with Crippen molar-refractivity contribution >= 4 is 17.5 Å². The molecule has 27 heavy (non-hydrogen) atoms. The second kappa shape index (κ2) is 8.61. The Morgan fingerprint density at radius 2 is 1.74 bits per heavy atom. The molecule has 1 fully saturated rings. The van der Waals surface area contributed by atoms with Gasteiger partial charge < -0.3 is 14.8 Å². The molecule has 0 spiro atoms. The van der Waals surface area contributed by atoms with Gasteiger partial charge in [0.1, 0.15) is 17.7 Å². The van der Waals surface area contributed by atoms with Crippen molar-refractivity contribution in [2.75, 3.05) is 14.2 Å². The van der Waals surface area contributed by atoms with Crippen LogP contribution in [0.3, 0.4) is 0 Å². The molecule has 7 heteroatoms. The number of hydrogen-bond acceptors (Lipinski definition) is 5. The zero-order chi connectivity index (χ0) is 19.4. The number of benzene rings is 2. The summed E-state index contributed by atoms with van der Waals surface area (Å²) in [5.74, 6) is 1.46. The van der Waals surface area contributed by atoms with Crippen LogP contribution in [0.25, 0.3) is 0 Å². The van der Waals surface area contributed by atoms with Gasteiger partial charge in [-0.25, -0.2) is 5.43 Å². The van der Waals surface area contributed by atoms with E-state index in [0.717, 1.165) is 16.9 Å². The highest BCUT2D eigenvalue weighted by atomic mass is 35.5. The van der Waals surface area contributed by atoms with Crippen molar-refractivity contribution in [3.05, 3.63) is 58.6 Å². The van der Waals surface area contributed by atoms with Crippen LogP contribution < -0.4 is 25.6 Å². The number of hydrogen-bond donors (Lipinski definition) is 3. The second-order valence-corrected chi connectivity index (χ2v) is 6.96. The summed E-state index contributed by atoms with van der Waals surface area (Å²) in [5, 5.41) is 3.57. The highest BCUT2D eigenvalue weighted by Crippen LogP contribution is 2.28. The number of ether oxygens (including phenoxy) is 2. The summed E-state index contributed by atoms with van der Waals surface area (Å²) in [6.45, 7) is 2.08. The van der Waals surface area contributed by atoms with Crippen LogP contribution in [0, 0.1) is 0 Å². The minimum absolute atomic E-state index is 0.0891. The topological polar surface area (TPSA) is 71.6 Å². The van der Waals surface area contributed by atoms with E-state index in [2.05, 4.69) is 23.1 Å². The fourth-order valence-electron chi connectivity index (χ4n) is 3.32. The van der Waals surface area contributed by atoms with Crippen molar-refractivity contribution in [1.29, 1.82) is 0 Å². The molecule has 3 rings (SSSR count). The minimum Gasteiger partial charge on any atom is -0.497 e. The Hall–Kier alpha value is -2.28. The summed E-state index contributed by atoms with van der Waals surface area (Å²) in [4.78, 5) is 12.6. The quantitative estimate of drug-likeness (QED) is 0.708. The molecule has 1 saturated heterocycles. The Bertz CT molecular complexity index is 798. The van der Waals surface area contributed by atoms with Crippen molar-refractivity contribution in [2.24, 2.45) is 0 Å². The first-order valence-corrected chi connectivity index (χ1v) is 9.16. The van der Waals surface area contributed by atoms with Gasteiger partial charge in [0, 0.05) is 17.0 Å². The number of nitrogens with one attached hydrogen (secondary N) is 3. The Morgan fingerprint density at radius 3 is 2.37 bits per heavy atom. The monoisotopic (exact) mass is 389 g/mol. The van der Waals surface area contributed by atoms with E-state index in [1.165, 1.54) is 0 Å². The highest BCUT2D eigenvalue weighted by Gasteiger charge is 2.35. The number of rotatable bonds is 6. The molecule has 0 radical (unpaired) electrons. The average Bonchev–Trinajstić information content (AvgIpc) is 3.03. The van der Waals surface area contributed by atoms with Crippen LogP contribution in [0.1, 0.15) is 24.0 Å². The average molecular weight is 390 g/mol. The van der Waals surface area contributed by atoms with Crippen molar-refractivity contribution in [2.45, 2.75) is 31.5 Å². The molecule has 0 aliphatic carbocycles. The second-order valence-electron chi connectivity index (χ2n) is 6.56. The fraction of sp³-hybridized carbons (Fsp3) is 0.350. The standard InChI is InChI=1S/C20H24ClN3O3/c1-12-19(13-4-7-15(26-2)8-5-13)20(24-23-12)22-18(25)10-14-6-9-16(27-3)11-17(14)21/h4-9,11-12,19-20,23-24H,10H2,1-3H3,(H,22,25). The number of halogens is 1. The van der Waals surface area contributed by atoms with Gasteiger partial charge in [0.05, 0.1) is 20.6 Å². The summed E-state index contributed by atoms with van der Waals surface area (Å²) < 4.78 is 10.4. The minimum atomic E-state index is -0.224. The lowest BCUT2D eigenvalue weighted by atomic mass is 9.91. The van der Waals surface area contributed by atoms with Crippen LogP contribution in [0.4, 0.5) is 0 Å². The number of carbonyl (C=O) groups excluding carboxylic acids is 1. The predicted molar refractivity (Wildman–Crippen MR) is 105 cm³/mol. The van der Waals surface area contributed by atoms with Crippen molar-refractivity contribution in [3.8, 4) is 11.5 Å². The lowest BCUT2D eigenvalue weighted by Gasteiger charge is -2.23. The SMILES string of the molecule is COc1ccc(C2C(C)NNC2NC(=O)Cc2ccc(OC)cc2Cl)cc1. The molecule has 6 nitrogen and oxygen atoms in total. The third-order valence-corrected chi connectivity index (χ3v) is 5.14. The van der Waals surface area contributed by atoms with Crippen LogP contribution in [-0.2, 0) is 11.2 Å². The van der Waals surface area contributed by atoms with Gasteiger partial charge in [-0.1, -0.05) is 29.8 Å². The summed E-state index contributed by atoms with van der Waals surface area (Å²) in [5.41, 5.74) is 8.25. The normalized spacial score (nSPS) is 21.7. The van der Waals surface area contributed by atoms with Gasteiger partial charge in [-0.3, -0.25) is 10.2 Å². The van der Waals surface area contributed by atoms with Gasteiger partial charge in [0.2, 0.25) is 5.91 Å². The van der Waals surface area contributed by atoms with Gasteiger partial charge in [-0.15, -0.1) is 0 Å². The van der Waals surface area contributed by atoms with E-state index < -0.39 is 0 Å². The zero-order valence-electron chi connectivity index (χ0n) is 15.6. The molecule has 0 bridgehead atoms. The van der Waals surface area contributed by atoms with Crippen LogP contribution in [0.15, 0.2) is 42.5 Å². The van der Waals surface area contributed by atoms with E-state index in [-0.39, 0.29) is 30.5 Å². The van der Waals surface area contributed by atoms with E-state index >= 15 is 0 Å². The number of amides is 1. The van der Waals surface area contributed by atoms with Gasteiger partial charge in [0.25, 0.3) is 0 Å². The molecule has 1 aliphatic rings. The molecule has 1 heterocycles. The zero-order valence-corrected chi connectivity index (χ0v) is 16.3. The van der Waals surface area contributed by atoms with Crippen LogP contribution in [0.5, 0.6) is 11.5 Å². The molecule has 144 valence electrons. The van der Waals surface area contributed by atoms with Gasteiger partial charge in [-0.05, 0) is 42.3 Å². The van der Waals surface area contributed by atoms with Crippen molar-refractivity contribution in [1.82, 2.24) is 16.2 Å². The van der Waals surface area contributed by atoms with Crippen LogP contribution in [-0.4, -0.2) is 32.3 Å². The Morgan fingerprint density at radius 1 is 1.07 bits per heavy atom. The maximum Gasteiger partial charge on any atom is 0.225 e. The molecule has 0 aromatic heterocycles. The molecule has 0 saturated carbocycles. The summed E-state index contributed by atoms with van der Waals surface area (Å²) >= 11 is 6.25. The predicted octanol–water partition coefficient (Wildman–Crippen LogP) is 2.62. The fourth-order valence-corrected chi connectivity index (χ4v) is 3.56. The van der Waals surface area contributed by atoms with Crippen LogP contribution >= 0.6 is 11.6 Å².